The molecule has 0 aromatic rings. The lowest BCUT2D eigenvalue weighted by molar-refractivity contribution is -0.116. The summed E-state index contributed by atoms with van der Waals surface area (Å²) in [5, 5.41) is 0. The molecule has 0 heterocycles. The summed E-state index contributed by atoms with van der Waals surface area (Å²) in [5.74, 6) is 0.150. The van der Waals surface area contributed by atoms with Gasteiger partial charge in [0.25, 0.3) is 0 Å². The predicted octanol–water partition coefficient (Wildman–Crippen LogP) is 3.60. The molecule has 0 atom stereocenters. The summed E-state index contributed by atoms with van der Waals surface area (Å²) in [4.78, 5) is 10.9. The largest absolute Gasteiger partial charge is 0.300 e. The summed E-state index contributed by atoms with van der Waals surface area (Å²) in [6.45, 7) is 13.0. The zero-order chi connectivity index (χ0) is 11.1. The first-order valence-electron chi connectivity index (χ1n) is 4.62. The minimum atomic E-state index is 0.150. The first kappa shape index (κ1) is 12.6. The van der Waals surface area contributed by atoms with Crippen molar-refractivity contribution in [3.8, 4) is 0 Å². The van der Waals surface area contributed by atoms with E-state index in [-0.39, 0.29) is 5.78 Å². The van der Waals surface area contributed by atoms with Gasteiger partial charge in [-0.05, 0) is 31.9 Å². The average Bonchev–Trinajstić information content (AvgIpc) is 2.10. The van der Waals surface area contributed by atoms with Gasteiger partial charge < -0.3 is 0 Å². The Morgan fingerprint density at radius 1 is 1.21 bits per heavy atom. The molecule has 0 fully saturated rings. The fraction of sp³-hybridized carbons (Fsp3) is 0.308. The average molecular weight is 190 g/mol. The van der Waals surface area contributed by atoms with Gasteiger partial charge in [0.15, 0.2) is 0 Å². The van der Waals surface area contributed by atoms with E-state index in [9.17, 15) is 4.79 Å². The minimum absolute atomic E-state index is 0.150. The van der Waals surface area contributed by atoms with Crippen molar-refractivity contribution in [2.24, 2.45) is 0 Å². The highest BCUT2D eigenvalue weighted by Crippen LogP contribution is 2.08. The zero-order valence-corrected chi connectivity index (χ0v) is 9.26. The molecule has 0 saturated heterocycles. The van der Waals surface area contributed by atoms with Crippen LogP contribution >= 0.6 is 0 Å². The van der Waals surface area contributed by atoms with Crippen molar-refractivity contribution in [2.75, 3.05) is 0 Å². The monoisotopic (exact) mass is 190 g/mol. The van der Waals surface area contributed by atoms with Crippen molar-refractivity contribution in [3.05, 3.63) is 48.1 Å². The van der Waals surface area contributed by atoms with Gasteiger partial charge in [0, 0.05) is 6.42 Å². The maximum Gasteiger partial charge on any atom is 0.134 e. The van der Waals surface area contributed by atoms with Crippen molar-refractivity contribution in [3.63, 3.8) is 0 Å². The maximum absolute atomic E-state index is 10.9. The molecule has 14 heavy (non-hydrogen) atoms. The second-order valence-corrected chi connectivity index (χ2v) is 3.45. The lowest BCUT2D eigenvalue weighted by Gasteiger charge is -1.98. The summed E-state index contributed by atoms with van der Waals surface area (Å²) in [6, 6.07) is 0. The lowest BCUT2D eigenvalue weighted by Crippen LogP contribution is -1.90. The summed E-state index contributed by atoms with van der Waals surface area (Å²) >= 11 is 0. The molecule has 0 aromatic carbocycles. The summed E-state index contributed by atoms with van der Waals surface area (Å²) in [7, 11) is 0. The molecule has 76 valence electrons. The number of hydrogen-bond acceptors (Lipinski definition) is 1. The molecule has 0 amide bonds. The van der Waals surface area contributed by atoms with Crippen LogP contribution in [0.2, 0.25) is 0 Å². The third kappa shape index (κ3) is 5.31. The van der Waals surface area contributed by atoms with Crippen LogP contribution in [0.3, 0.4) is 0 Å². The molecule has 0 unspecified atom stereocenters. The Morgan fingerprint density at radius 2 is 1.79 bits per heavy atom. The highest BCUT2D eigenvalue weighted by molar-refractivity contribution is 5.78. The van der Waals surface area contributed by atoms with E-state index in [0.717, 1.165) is 16.7 Å². The third-order valence-corrected chi connectivity index (χ3v) is 1.94. The van der Waals surface area contributed by atoms with E-state index in [1.54, 1.807) is 13.0 Å². The fourth-order valence-electron chi connectivity index (χ4n) is 0.861. The molecule has 1 heteroatoms. The van der Waals surface area contributed by atoms with Crippen LogP contribution in [0.25, 0.3) is 0 Å². The summed E-state index contributed by atoms with van der Waals surface area (Å²) < 4.78 is 0. The molecule has 0 spiro atoms. The first-order valence-corrected chi connectivity index (χ1v) is 4.62. The van der Waals surface area contributed by atoms with Crippen LogP contribution in [0.1, 0.15) is 27.2 Å². The molecule has 0 aliphatic rings. The van der Waals surface area contributed by atoms with E-state index in [0.29, 0.717) is 6.42 Å². The van der Waals surface area contributed by atoms with Gasteiger partial charge in [0.1, 0.15) is 5.78 Å². The van der Waals surface area contributed by atoms with Crippen molar-refractivity contribution >= 4 is 5.78 Å². The normalized spacial score (nSPS) is 12.5. The Hall–Kier alpha value is -1.37. The number of hydrogen-bond donors (Lipinski definition) is 0. The Kier molecular flexibility index (Phi) is 5.54. The summed E-state index contributed by atoms with van der Waals surface area (Å²) in [6.07, 6.45) is 6.04. The fourth-order valence-corrected chi connectivity index (χ4v) is 0.861. The molecule has 1 nitrogen and oxygen atoms in total. The van der Waals surface area contributed by atoms with Crippen LogP contribution in [0.15, 0.2) is 48.1 Å². The molecule has 0 bridgehead atoms. The Morgan fingerprint density at radius 3 is 2.14 bits per heavy atom. The number of ketones is 1. The van der Waals surface area contributed by atoms with Crippen LogP contribution in [-0.2, 0) is 4.79 Å². The van der Waals surface area contributed by atoms with Gasteiger partial charge in [-0.25, -0.2) is 0 Å². The van der Waals surface area contributed by atoms with Crippen LogP contribution in [0.4, 0.5) is 0 Å². The van der Waals surface area contributed by atoms with Gasteiger partial charge in [-0.3, -0.25) is 4.79 Å². The number of allylic oxidation sites excluding steroid dienone is 6. The van der Waals surface area contributed by atoms with E-state index in [2.05, 4.69) is 13.2 Å². The number of rotatable bonds is 5. The second-order valence-electron chi connectivity index (χ2n) is 3.45. The van der Waals surface area contributed by atoms with Gasteiger partial charge in [0.2, 0.25) is 0 Å². The van der Waals surface area contributed by atoms with Gasteiger partial charge in [-0.2, -0.15) is 0 Å². The Labute approximate surface area is 86.5 Å². The molecule has 0 aliphatic heterocycles. The number of carbonyl (C=O) groups excluding carboxylic acids is 1. The van der Waals surface area contributed by atoms with E-state index in [1.165, 1.54) is 0 Å². The molecule has 0 N–H and O–H groups in total. The van der Waals surface area contributed by atoms with Gasteiger partial charge in [0.05, 0.1) is 0 Å². The van der Waals surface area contributed by atoms with E-state index in [4.69, 9.17) is 0 Å². The lowest BCUT2D eigenvalue weighted by atomic mass is 10.1. The van der Waals surface area contributed by atoms with Crippen LogP contribution in [-0.4, -0.2) is 5.78 Å². The molecule has 0 saturated carbocycles. The second kappa shape index (κ2) is 6.14. The van der Waals surface area contributed by atoms with E-state index < -0.39 is 0 Å². The summed E-state index contributed by atoms with van der Waals surface area (Å²) in [5.41, 5.74) is 3.10. The Bertz CT molecular complexity index is 303. The Balaban J connectivity index is 4.61. The quantitative estimate of drug-likeness (QED) is 0.605. The topological polar surface area (TPSA) is 17.1 Å². The number of carbonyl (C=O) groups is 1. The molecule has 0 rings (SSSR count). The van der Waals surface area contributed by atoms with Crippen LogP contribution in [0, 0.1) is 0 Å². The number of Topliss-reactive ketones (excluding diaryl/α,β-unsaturated/α-hetero) is 1. The van der Waals surface area contributed by atoms with Gasteiger partial charge in [-0.1, -0.05) is 37.0 Å². The smallest absolute Gasteiger partial charge is 0.134 e. The van der Waals surface area contributed by atoms with Crippen molar-refractivity contribution < 1.29 is 4.79 Å². The van der Waals surface area contributed by atoms with Crippen molar-refractivity contribution in [2.45, 2.75) is 27.2 Å². The zero-order valence-electron chi connectivity index (χ0n) is 9.26. The van der Waals surface area contributed by atoms with Crippen LogP contribution < -0.4 is 0 Å². The van der Waals surface area contributed by atoms with E-state index in [1.807, 2.05) is 26.0 Å². The molecular weight excluding hydrogens is 172 g/mol. The third-order valence-electron chi connectivity index (χ3n) is 1.94. The molecular formula is C13H18O. The standard InChI is InChI=1S/C13H18O/c1-6-13(9-12(5)14)8-7-11(4)10(2)3/h6-8H,1-2,9H2,3-5H3/b11-7+,13-8+. The van der Waals surface area contributed by atoms with Crippen molar-refractivity contribution in [1.82, 2.24) is 0 Å². The van der Waals surface area contributed by atoms with E-state index >= 15 is 0 Å². The van der Waals surface area contributed by atoms with Crippen molar-refractivity contribution in [1.29, 1.82) is 0 Å². The highest BCUT2D eigenvalue weighted by Gasteiger charge is 1.95. The maximum atomic E-state index is 10.9. The molecule has 0 aromatic heterocycles. The molecule has 0 aliphatic carbocycles. The first-order chi connectivity index (χ1) is 6.47. The minimum Gasteiger partial charge on any atom is -0.300 e. The highest BCUT2D eigenvalue weighted by atomic mass is 16.1. The van der Waals surface area contributed by atoms with Gasteiger partial charge >= 0.3 is 0 Å². The SMILES string of the molecule is C=C/C(=C\C=C(/C)C(=C)C)CC(C)=O. The van der Waals surface area contributed by atoms with Gasteiger partial charge in [-0.15, -0.1) is 0 Å². The predicted molar refractivity (Wildman–Crippen MR) is 62.1 cm³/mol. The van der Waals surface area contributed by atoms with Crippen LogP contribution in [0.5, 0.6) is 0 Å². The molecule has 0 radical (unpaired) electrons.